The van der Waals surface area contributed by atoms with Gasteiger partial charge in [-0.25, -0.2) is 4.79 Å². The maximum absolute atomic E-state index is 12.3. The molecule has 0 bridgehead atoms. The van der Waals surface area contributed by atoms with Gasteiger partial charge in [-0.2, -0.15) is 0 Å². The molecule has 0 unspecified atom stereocenters. The van der Waals surface area contributed by atoms with Gasteiger partial charge in [0.25, 0.3) is 5.91 Å². The average molecular weight is 404 g/mol. The highest BCUT2D eigenvalue weighted by Crippen LogP contribution is 2.17. The number of aryl methyl sites for hydroxylation is 1. The van der Waals surface area contributed by atoms with Crippen molar-refractivity contribution in [2.24, 2.45) is 0 Å². The first kappa shape index (κ1) is 20.6. The molecule has 0 saturated carbocycles. The molecular weight excluding hydrogens is 382 g/mol. The number of hydrogen-bond acceptors (Lipinski definition) is 2. The van der Waals surface area contributed by atoms with Crippen LogP contribution in [0.25, 0.3) is 6.08 Å². The van der Waals surface area contributed by atoms with Gasteiger partial charge in [0.2, 0.25) is 0 Å². The quantitative estimate of drug-likeness (QED) is 0.703. The Morgan fingerprint density at radius 2 is 1.76 bits per heavy atom. The lowest BCUT2D eigenvalue weighted by molar-refractivity contribution is -0.131. The van der Waals surface area contributed by atoms with E-state index in [2.05, 4.69) is 21.2 Å². The van der Waals surface area contributed by atoms with Crippen molar-refractivity contribution in [1.29, 1.82) is 0 Å². The predicted octanol–water partition coefficient (Wildman–Crippen LogP) is 4.81. The summed E-state index contributed by atoms with van der Waals surface area (Å²) in [5.74, 6) is -1.24. The second kappa shape index (κ2) is 10.5. The van der Waals surface area contributed by atoms with Gasteiger partial charge >= 0.3 is 5.97 Å². The van der Waals surface area contributed by atoms with Crippen molar-refractivity contribution in [1.82, 2.24) is 5.32 Å². The van der Waals surface area contributed by atoms with Gasteiger partial charge in [-0.3, -0.25) is 4.79 Å². The van der Waals surface area contributed by atoms with Gasteiger partial charge in [-0.05, 0) is 42.3 Å². The molecular formula is C20H22BrNO3. The number of carboxylic acids is 1. The van der Waals surface area contributed by atoms with Gasteiger partial charge in [0.1, 0.15) is 0 Å². The molecule has 25 heavy (non-hydrogen) atoms. The molecule has 0 aliphatic carbocycles. The summed E-state index contributed by atoms with van der Waals surface area (Å²) in [5, 5.41) is 11.5. The first-order valence-corrected chi connectivity index (χ1v) is 8.79. The van der Waals surface area contributed by atoms with Crippen LogP contribution in [-0.4, -0.2) is 17.0 Å². The topological polar surface area (TPSA) is 66.4 Å². The molecule has 0 fully saturated rings. The Kier molecular flexibility index (Phi) is 8.64. The van der Waals surface area contributed by atoms with Crippen molar-refractivity contribution in [2.75, 3.05) is 0 Å². The van der Waals surface area contributed by atoms with E-state index < -0.39 is 5.97 Å². The summed E-state index contributed by atoms with van der Waals surface area (Å²) in [6, 6.07) is 13.0. The van der Waals surface area contributed by atoms with Gasteiger partial charge in [0.15, 0.2) is 0 Å². The molecule has 5 heteroatoms. The van der Waals surface area contributed by atoms with Crippen molar-refractivity contribution in [3.05, 3.63) is 75.3 Å². The third kappa shape index (κ3) is 7.35. The molecule has 132 valence electrons. The molecule has 4 nitrogen and oxygen atoms in total. The normalized spacial score (nSPS) is 10.1. The zero-order valence-corrected chi connectivity index (χ0v) is 16.1. The van der Waals surface area contributed by atoms with Gasteiger partial charge < -0.3 is 10.4 Å². The van der Waals surface area contributed by atoms with Gasteiger partial charge in [-0.1, -0.05) is 59.6 Å². The number of carbonyl (C=O) groups excluding carboxylic acids is 1. The van der Waals surface area contributed by atoms with Crippen LogP contribution in [0.1, 0.15) is 40.9 Å². The molecule has 0 saturated heterocycles. The first-order chi connectivity index (χ1) is 11.9. The standard InChI is InChI=1S/C18H16BrNO3.C2H6/c1-12-2-4-13(5-3-12)11-20-18(23)15-8-14(6-7-17(21)22)9-16(19)10-15;1-2/h2-10H,11H2,1H3,(H,20,23)(H,21,22);1-2H3/b7-6+;. The maximum Gasteiger partial charge on any atom is 0.328 e. The number of amides is 1. The lowest BCUT2D eigenvalue weighted by atomic mass is 10.1. The molecule has 2 rings (SSSR count). The van der Waals surface area contributed by atoms with Crippen LogP contribution >= 0.6 is 15.9 Å². The fourth-order valence-corrected chi connectivity index (χ4v) is 2.51. The molecule has 0 radical (unpaired) electrons. The van der Waals surface area contributed by atoms with Gasteiger partial charge in [-0.15, -0.1) is 0 Å². The fourth-order valence-electron chi connectivity index (χ4n) is 2.00. The van der Waals surface area contributed by atoms with Gasteiger partial charge in [0, 0.05) is 22.7 Å². The molecule has 2 aromatic carbocycles. The van der Waals surface area contributed by atoms with E-state index in [0.29, 0.717) is 22.1 Å². The van der Waals surface area contributed by atoms with E-state index in [0.717, 1.165) is 11.6 Å². The van der Waals surface area contributed by atoms with Crippen molar-refractivity contribution in [2.45, 2.75) is 27.3 Å². The molecule has 0 spiro atoms. The van der Waals surface area contributed by atoms with Crippen LogP contribution in [0, 0.1) is 6.92 Å². The number of nitrogens with one attached hydrogen (secondary N) is 1. The SMILES string of the molecule is CC.Cc1ccc(CNC(=O)c2cc(Br)cc(/C=C/C(=O)O)c2)cc1. The van der Waals surface area contributed by atoms with Crippen LogP contribution in [0.3, 0.4) is 0 Å². The molecule has 2 aromatic rings. The number of aliphatic carboxylic acids is 1. The number of halogens is 1. The van der Waals surface area contributed by atoms with Crippen molar-refractivity contribution < 1.29 is 14.7 Å². The summed E-state index contributed by atoms with van der Waals surface area (Å²) >= 11 is 3.33. The molecule has 0 aliphatic heterocycles. The van der Waals surface area contributed by atoms with E-state index in [-0.39, 0.29) is 5.91 Å². The highest BCUT2D eigenvalue weighted by Gasteiger charge is 2.07. The number of carboxylic acid groups (broad SMARTS) is 1. The number of rotatable bonds is 5. The van der Waals surface area contributed by atoms with Crippen molar-refractivity contribution in [3.8, 4) is 0 Å². The molecule has 2 N–H and O–H groups in total. The summed E-state index contributed by atoms with van der Waals surface area (Å²) < 4.78 is 0.713. The van der Waals surface area contributed by atoms with E-state index in [1.807, 2.05) is 45.0 Å². The fraction of sp³-hybridized carbons (Fsp3) is 0.200. The Morgan fingerprint density at radius 3 is 2.36 bits per heavy atom. The monoisotopic (exact) mass is 403 g/mol. The molecule has 1 amide bonds. The van der Waals surface area contributed by atoms with E-state index in [9.17, 15) is 9.59 Å². The molecule has 0 aliphatic rings. The summed E-state index contributed by atoms with van der Waals surface area (Å²) in [6.07, 6.45) is 2.49. The van der Waals surface area contributed by atoms with E-state index in [1.54, 1.807) is 18.2 Å². The maximum atomic E-state index is 12.3. The lowest BCUT2D eigenvalue weighted by Gasteiger charge is -2.07. The van der Waals surface area contributed by atoms with Crippen LogP contribution in [0.4, 0.5) is 0 Å². The summed E-state index contributed by atoms with van der Waals surface area (Å²) in [6.45, 7) is 6.45. The van der Waals surface area contributed by atoms with Crippen LogP contribution in [0.15, 0.2) is 53.0 Å². The van der Waals surface area contributed by atoms with E-state index in [4.69, 9.17) is 5.11 Å². The smallest absolute Gasteiger partial charge is 0.328 e. The zero-order chi connectivity index (χ0) is 18.8. The Hall–Kier alpha value is -2.40. The lowest BCUT2D eigenvalue weighted by Crippen LogP contribution is -2.22. The predicted molar refractivity (Wildman–Crippen MR) is 105 cm³/mol. The van der Waals surface area contributed by atoms with Crippen LogP contribution < -0.4 is 5.32 Å². The van der Waals surface area contributed by atoms with Crippen molar-refractivity contribution in [3.63, 3.8) is 0 Å². The molecule has 0 atom stereocenters. The second-order valence-corrected chi connectivity index (χ2v) is 6.03. The Balaban J connectivity index is 0.00000151. The first-order valence-electron chi connectivity index (χ1n) is 7.99. The van der Waals surface area contributed by atoms with Crippen molar-refractivity contribution >= 4 is 33.9 Å². The van der Waals surface area contributed by atoms with E-state index in [1.165, 1.54) is 11.6 Å². The van der Waals surface area contributed by atoms with Crippen LogP contribution in [0.5, 0.6) is 0 Å². The minimum atomic E-state index is -1.03. The molecule has 0 aromatic heterocycles. The Bertz CT molecular complexity index is 752. The largest absolute Gasteiger partial charge is 0.478 e. The average Bonchev–Trinajstić information content (AvgIpc) is 2.60. The van der Waals surface area contributed by atoms with Crippen LogP contribution in [0.2, 0.25) is 0 Å². The summed E-state index contributed by atoms with van der Waals surface area (Å²) in [4.78, 5) is 22.8. The van der Waals surface area contributed by atoms with Crippen LogP contribution in [-0.2, 0) is 11.3 Å². The Labute approximate surface area is 156 Å². The number of hydrogen-bond donors (Lipinski definition) is 2. The summed E-state index contributed by atoms with van der Waals surface area (Å²) in [5.41, 5.74) is 3.30. The molecule has 0 heterocycles. The van der Waals surface area contributed by atoms with Gasteiger partial charge in [0.05, 0.1) is 0 Å². The number of benzene rings is 2. The highest BCUT2D eigenvalue weighted by molar-refractivity contribution is 9.10. The zero-order valence-electron chi connectivity index (χ0n) is 14.5. The highest BCUT2D eigenvalue weighted by atomic mass is 79.9. The second-order valence-electron chi connectivity index (χ2n) is 5.11. The third-order valence-corrected chi connectivity index (χ3v) is 3.63. The minimum Gasteiger partial charge on any atom is -0.478 e. The Morgan fingerprint density at radius 1 is 1.12 bits per heavy atom. The van der Waals surface area contributed by atoms with E-state index >= 15 is 0 Å². The third-order valence-electron chi connectivity index (χ3n) is 3.17. The number of carbonyl (C=O) groups is 2. The minimum absolute atomic E-state index is 0.211. The summed E-state index contributed by atoms with van der Waals surface area (Å²) in [7, 11) is 0.